The molecule has 1 aliphatic heterocycles. The van der Waals surface area contributed by atoms with Crippen molar-refractivity contribution in [3.63, 3.8) is 0 Å². The minimum Gasteiger partial charge on any atom is -0.475 e. The summed E-state index contributed by atoms with van der Waals surface area (Å²) in [5, 5.41) is 2.71. The van der Waals surface area contributed by atoms with Crippen LogP contribution >= 0.6 is 0 Å². The lowest BCUT2D eigenvalue weighted by atomic mass is 10.1. The van der Waals surface area contributed by atoms with E-state index in [2.05, 4.69) is 15.3 Å². The second-order valence-electron chi connectivity index (χ2n) is 6.27. The third kappa shape index (κ3) is 4.08. The molecule has 0 atom stereocenters. The maximum absolute atomic E-state index is 12.7. The predicted octanol–water partition coefficient (Wildman–Crippen LogP) is 1.08. The first-order valence-electron chi connectivity index (χ1n) is 8.40. The number of amides is 2. The van der Waals surface area contributed by atoms with E-state index in [0.29, 0.717) is 30.2 Å². The molecule has 2 amide bonds. The molecule has 1 saturated heterocycles. The summed E-state index contributed by atoms with van der Waals surface area (Å²) in [5.41, 5.74) is 7.56. The third-order valence-electron chi connectivity index (χ3n) is 3.81. The van der Waals surface area contributed by atoms with Crippen molar-refractivity contribution in [2.45, 2.75) is 20.0 Å². The lowest BCUT2D eigenvalue weighted by Gasteiger charge is -2.26. The van der Waals surface area contributed by atoms with Gasteiger partial charge in [0, 0.05) is 30.3 Å². The smallest absolute Gasteiger partial charge is 0.254 e. The van der Waals surface area contributed by atoms with Crippen LogP contribution in [0.2, 0.25) is 0 Å². The fourth-order valence-corrected chi connectivity index (χ4v) is 2.70. The van der Waals surface area contributed by atoms with Crippen LogP contribution in [0.4, 0.5) is 5.95 Å². The second-order valence-corrected chi connectivity index (χ2v) is 6.27. The number of nitrogens with zero attached hydrogens (tertiary/aromatic N) is 3. The van der Waals surface area contributed by atoms with E-state index >= 15 is 0 Å². The number of hydrogen-bond acceptors (Lipinski definition) is 6. The van der Waals surface area contributed by atoms with Gasteiger partial charge in [-0.1, -0.05) is 12.1 Å². The SMILES string of the molecule is CC(C)Oc1cc(-c2cccc(C(=O)N3CCNC(=O)C3)c2)nc(N)n1. The van der Waals surface area contributed by atoms with Gasteiger partial charge in [-0.2, -0.15) is 4.98 Å². The van der Waals surface area contributed by atoms with Crippen LogP contribution in [0.1, 0.15) is 24.2 Å². The molecule has 0 saturated carbocycles. The highest BCUT2D eigenvalue weighted by Crippen LogP contribution is 2.24. The number of nitrogen functional groups attached to an aromatic ring is 1. The first-order chi connectivity index (χ1) is 12.4. The second kappa shape index (κ2) is 7.38. The fraction of sp³-hybridized carbons (Fsp3) is 0.333. The van der Waals surface area contributed by atoms with Crippen molar-refractivity contribution >= 4 is 17.8 Å². The summed E-state index contributed by atoms with van der Waals surface area (Å²) in [6, 6.07) is 8.74. The van der Waals surface area contributed by atoms with Gasteiger partial charge in [-0.05, 0) is 26.0 Å². The molecule has 136 valence electrons. The number of carbonyl (C=O) groups is 2. The minimum atomic E-state index is -0.192. The van der Waals surface area contributed by atoms with Crippen LogP contribution in [0, 0.1) is 0 Å². The highest BCUT2D eigenvalue weighted by molar-refractivity contribution is 5.98. The molecule has 0 radical (unpaired) electrons. The highest BCUT2D eigenvalue weighted by Gasteiger charge is 2.22. The van der Waals surface area contributed by atoms with Crippen LogP contribution in [-0.2, 0) is 4.79 Å². The Bertz CT molecular complexity index is 837. The summed E-state index contributed by atoms with van der Waals surface area (Å²) >= 11 is 0. The van der Waals surface area contributed by atoms with Gasteiger partial charge in [0.2, 0.25) is 17.7 Å². The van der Waals surface area contributed by atoms with Crippen LogP contribution in [0.25, 0.3) is 11.3 Å². The maximum atomic E-state index is 12.7. The molecule has 3 N–H and O–H groups in total. The molecule has 1 aliphatic rings. The van der Waals surface area contributed by atoms with Gasteiger partial charge in [-0.3, -0.25) is 9.59 Å². The summed E-state index contributed by atoms with van der Waals surface area (Å²) in [6.07, 6.45) is -0.0460. The highest BCUT2D eigenvalue weighted by atomic mass is 16.5. The Hall–Kier alpha value is -3.16. The van der Waals surface area contributed by atoms with Crippen LogP contribution in [0.5, 0.6) is 5.88 Å². The van der Waals surface area contributed by atoms with Crippen LogP contribution in [0.15, 0.2) is 30.3 Å². The van der Waals surface area contributed by atoms with Crippen molar-refractivity contribution in [2.75, 3.05) is 25.4 Å². The molecule has 1 aromatic carbocycles. The van der Waals surface area contributed by atoms with Crippen molar-refractivity contribution in [3.8, 4) is 17.1 Å². The van der Waals surface area contributed by atoms with Crippen molar-refractivity contribution in [3.05, 3.63) is 35.9 Å². The van der Waals surface area contributed by atoms with Crippen LogP contribution in [-0.4, -0.2) is 52.4 Å². The zero-order chi connectivity index (χ0) is 18.7. The van der Waals surface area contributed by atoms with Gasteiger partial charge < -0.3 is 20.7 Å². The summed E-state index contributed by atoms with van der Waals surface area (Å²) < 4.78 is 5.59. The van der Waals surface area contributed by atoms with E-state index in [1.807, 2.05) is 19.9 Å². The minimum absolute atomic E-state index is 0.0460. The number of nitrogens with one attached hydrogen (secondary N) is 1. The number of ether oxygens (including phenoxy) is 1. The molecule has 8 heteroatoms. The molecule has 3 rings (SSSR count). The molecule has 0 bridgehead atoms. The largest absolute Gasteiger partial charge is 0.475 e. The van der Waals surface area contributed by atoms with E-state index in [9.17, 15) is 9.59 Å². The van der Waals surface area contributed by atoms with Gasteiger partial charge in [-0.25, -0.2) is 4.98 Å². The molecule has 0 unspecified atom stereocenters. The first kappa shape index (κ1) is 17.7. The number of nitrogens with two attached hydrogens (primary N) is 1. The van der Waals surface area contributed by atoms with Crippen molar-refractivity contribution in [1.29, 1.82) is 0 Å². The van der Waals surface area contributed by atoms with E-state index in [-0.39, 0.29) is 30.4 Å². The van der Waals surface area contributed by atoms with Gasteiger partial charge >= 0.3 is 0 Å². The third-order valence-corrected chi connectivity index (χ3v) is 3.81. The van der Waals surface area contributed by atoms with E-state index in [0.717, 1.165) is 5.56 Å². The average molecular weight is 355 g/mol. The van der Waals surface area contributed by atoms with E-state index in [1.54, 1.807) is 24.3 Å². The Labute approximate surface area is 151 Å². The number of benzene rings is 1. The Balaban J connectivity index is 1.88. The lowest BCUT2D eigenvalue weighted by Crippen LogP contribution is -2.49. The maximum Gasteiger partial charge on any atom is 0.254 e. The van der Waals surface area contributed by atoms with Gasteiger partial charge in [-0.15, -0.1) is 0 Å². The lowest BCUT2D eigenvalue weighted by molar-refractivity contribution is -0.123. The van der Waals surface area contributed by atoms with E-state index in [4.69, 9.17) is 10.5 Å². The normalized spacial score (nSPS) is 14.3. The van der Waals surface area contributed by atoms with Crippen molar-refractivity contribution in [2.24, 2.45) is 0 Å². The van der Waals surface area contributed by atoms with Crippen LogP contribution < -0.4 is 15.8 Å². The van der Waals surface area contributed by atoms with E-state index in [1.165, 1.54) is 4.90 Å². The van der Waals surface area contributed by atoms with Gasteiger partial charge in [0.1, 0.15) is 0 Å². The number of hydrogen-bond donors (Lipinski definition) is 2. The standard InChI is InChI=1S/C18H21N5O3/c1-11(2)26-16-9-14(21-18(19)22-16)12-4-3-5-13(8-12)17(25)23-7-6-20-15(24)10-23/h3-5,8-9,11H,6-7,10H2,1-2H3,(H,20,24)(H2,19,21,22). The Morgan fingerprint density at radius 1 is 1.31 bits per heavy atom. The molecule has 26 heavy (non-hydrogen) atoms. The summed E-state index contributed by atoms with van der Waals surface area (Å²) in [6.45, 7) is 4.80. The average Bonchev–Trinajstić information content (AvgIpc) is 2.60. The number of carbonyl (C=O) groups excluding carboxylic acids is 2. The molecular formula is C18H21N5O3. The number of rotatable bonds is 4. The Kier molecular flexibility index (Phi) is 5.01. The topological polar surface area (TPSA) is 110 Å². The summed E-state index contributed by atoms with van der Waals surface area (Å²) in [5.74, 6) is 0.136. The zero-order valence-corrected chi connectivity index (χ0v) is 14.7. The molecule has 1 aromatic heterocycles. The summed E-state index contributed by atoms with van der Waals surface area (Å²) in [7, 11) is 0. The Morgan fingerprint density at radius 2 is 2.12 bits per heavy atom. The molecule has 8 nitrogen and oxygen atoms in total. The number of piperazine rings is 1. The molecular weight excluding hydrogens is 334 g/mol. The van der Waals surface area contributed by atoms with Gasteiger partial charge in [0.15, 0.2) is 0 Å². The van der Waals surface area contributed by atoms with Gasteiger partial charge in [0.05, 0.1) is 18.3 Å². The van der Waals surface area contributed by atoms with Crippen LogP contribution in [0.3, 0.4) is 0 Å². The monoisotopic (exact) mass is 355 g/mol. The number of anilines is 1. The fourth-order valence-electron chi connectivity index (χ4n) is 2.70. The quantitative estimate of drug-likeness (QED) is 0.849. The molecule has 2 aromatic rings. The number of aromatic nitrogens is 2. The van der Waals surface area contributed by atoms with Crippen molar-refractivity contribution < 1.29 is 14.3 Å². The first-order valence-corrected chi connectivity index (χ1v) is 8.40. The zero-order valence-electron chi connectivity index (χ0n) is 14.7. The van der Waals surface area contributed by atoms with E-state index < -0.39 is 0 Å². The molecule has 1 fully saturated rings. The van der Waals surface area contributed by atoms with Gasteiger partial charge in [0.25, 0.3) is 5.91 Å². The summed E-state index contributed by atoms with van der Waals surface area (Å²) in [4.78, 5) is 34.0. The molecule has 0 spiro atoms. The Morgan fingerprint density at radius 3 is 2.85 bits per heavy atom. The molecule has 2 heterocycles. The molecule has 0 aliphatic carbocycles. The van der Waals surface area contributed by atoms with Crippen molar-refractivity contribution in [1.82, 2.24) is 20.2 Å². The predicted molar refractivity (Wildman–Crippen MR) is 96.6 cm³/mol.